The van der Waals surface area contributed by atoms with E-state index in [2.05, 4.69) is 5.32 Å². The molecule has 1 saturated heterocycles. The van der Waals surface area contributed by atoms with Crippen molar-refractivity contribution in [3.63, 3.8) is 0 Å². The van der Waals surface area contributed by atoms with Gasteiger partial charge in [0.2, 0.25) is 11.8 Å². The molecule has 1 heterocycles. The molecule has 2 atom stereocenters. The first-order valence-corrected chi connectivity index (χ1v) is 8.55. The average Bonchev–Trinajstić information content (AvgIpc) is 2.45. The average molecular weight is 310 g/mol. The second-order valence-corrected chi connectivity index (χ2v) is 7.47. The third-order valence-corrected chi connectivity index (χ3v) is 4.59. The molecule has 1 N–H and O–H groups in total. The number of rotatable bonds is 3. The van der Waals surface area contributed by atoms with E-state index in [-0.39, 0.29) is 29.4 Å². The van der Waals surface area contributed by atoms with Crippen molar-refractivity contribution in [1.82, 2.24) is 10.2 Å². The van der Waals surface area contributed by atoms with Gasteiger partial charge < -0.3 is 15.0 Å². The lowest BCUT2D eigenvalue weighted by molar-refractivity contribution is -0.160. The zero-order valence-electron chi connectivity index (χ0n) is 14.4. The standard InChI is InChI=1S/C17H30N2O3/c1-12-10-19(11-17(3,4)22-12)16(21)13(2)18-15(20)14-8-6-5-7-9-14/h12-14H,5-11H2,1-4H3,(H,18,20). The van der Waals surface area contributed by atoms with Gasteiger partial charge in [0.15, 0.2) is 0 Å². The Morgan fingerprint density at radius 1 is 1.23 bits per heavy atom. The summed E-state index contributed by atoms with van der Waals surface area (Å²) in [7, 11) is 0. The van der Waals surface area contributed by atoms with Crippen LogP contribution in [0.25, 0.3) is 0 Å². The van der Waals surface area contributed by atoms with Crippen LogP contribution in [0, 0.1) is 5.92 Å². The summed E-state index contributed by atoms with van der Waals surface area (Å²) in [5, 5.41) is 2.92. The van der Waals surface area contributed by atoms with Crippen molar-refractivity contribution < 1.29 is 14.3 Å². The zero-order valence-corrected chi connectivity index (χ0v) is 14.4. The number of hydrogen-bond acceptors (Lipinski definition) is 3. The molecular formula is C17H30N2O3. The molecule has 2 fully saturated rings. The third-order valence-electron chi connectivity index (χ3n) is 4.59. The lowest BCUT2D eigenvalue weighted by Gasteiger charge is -2.42. The van der Waals surface area contributed by atoms with Crippen molar-refractivity contribution >= 4 is 11.8 Å². The lowest BCUT2D eigenvalue weighted by atomic mass is 9.88. The van der Waals surface area contributed by atoms with E-state index in [0.717, 1.165) is 25.7 Å². The van der Waals surface area contributed by atoms with E-state index in [1.807, 2.05) is 25.7 Å². The first-order valence-electron chi connectivity index (χ1n) is 8.55. The molecule has 0 aromatic rings. The van der Waals surface area contributed by atoms with Crippen molar-refractivity contribution in [2.45, 2.75) is 77.5 Å². The number of carbonyl (C=O) groups excluding carboxylic acids is 2. The maximum absolute atomic E-state index is 12.6. The van der Waals surface area contributed by atoms with Gasteiger partial charge in [-0.1, -0.05) is 19.3 Å². The number of amides is 2. The number of carbonyl (C=O) groups is 2. The number of nitrogens with zero attached hydrogens (tertiary/aromatic N) is 1. The molecule has 5 nitrogen and oxygen atoms in total. The molecule has 1 aliphatic carbocycles. The van der Waals surface area contributed by atoms with Gasteiger partial charge in [-0.05, 0) is 40.5 Å². The van der Waals surface area contributed by atoms with Crippen molar-refractivity contribution in [3.8, 4) is 0 Å². The summed E-state index contributed by atoms with van der Waals surface area (Å²) < 4.78 is 5.83. The van der Waals surface area contributed by atoms with Gasteiger partial charge in [-0.2, -0.15) is 0 Å². The van der Waals surface area contributed by atoms with E-state index in [1.165, 1.54) is 6.42 Å². The van der Waals surface area contributed by atoms with E-state index in [1.54, 1.807) is 6.92 Å². The van der Waals surface area contributed by atoms with Crippen LogP contribution in [-0.2, 0) is 14.3 Å². The normalized spacial score (nSPS) is 27.3. The minimum Gasteiger partial charge on any atom is -0.369 e. The number of nitrogens with one attached hydrogen (secondary N) is 1. The van der Waals surface area contributed by atoms with Gasteiger partial charge in [-0.3, -0.25) is 9.59 Å². The van der Waals surface area contributed by atoms with Crippen LogP contribution in [0.4, 0.5) is 0 Å². The first kappa shape index (κ1) is 17.3. The largest absolute Gasteiger partial charge is 0.369 e. The van der Waals surface area contributed by atoms with Gasteiger partial charge in [0, 0.05) is 19.0 Å². The van der Waals surface area contributed by atoms with E-state index in [4.69, 9.17) is 4.74 Å². The summed E-state index contributed by atoms with van der Waals surface area (Å²) in [5.74, 6) is 0.123. The maximum atomic E-state index is 12.6. The fourth-order valence-electron chi connectivity index (χ4n) is 3.65. The van der Waals surface area contributed by atoms with Crippen LogP contribution in [0.15, 0.2) is 0 Å². The lowest BCUT2D eigenvalue weighted by Crippen LogP contribution is -2.58. The molecule has 2 rings (SSSR count). The summed E-state index contributed by atoms with van der Waals surface area (Å²) in [6.45, 7) is 8.91. The summed E-state index contributed by atoms with van der Waals surface area (Å²) in [6, 6.07) is -0.462. The number of ether oxygens (including phenoxy) is 1. The van der Waals surface area contributed by atoms with Crippen LogP contribution in [0.1, 0.15) is 59.8 Å². The highest BCUT2D eigenvalue weighted by molar-refractivity contribution is 5.88. The highest BCUT2D eigenvalue weighted by Gasteiger charge is 2.35. The van der Waals surface area contributed by atoms with Crippen molar-refractivity contribution in [2.24, 2.45) is 5.92 Å². The molecule has 126 valence electrons. The SMILES string of the molecule is CC1CN(C(=O)C(C)NC(=O)C2CCCCC2)CC(C)(C)O1. The van der Waals surface area contributed by atoms with Crippen LogP contribution in [0.2, 0.25) is 0 Å². The highest BCUT2D eigenvalue weighted by Crippen LogP contribution is 2.24. The van der Waals surface area contributed by atoms with Crippen LogP contribution in [0.5, 0.6) is 0 Å². The van der Waals surface area contributed by atoms with E-state index < -0.39 is 6.04 Å². The molecule has 0 aromatic carbocycles. The number of morpholine rings is 1. The molecule has 2 aliphatic rings. The summed E-state index contributed by atoms with van der Waals surface area (Å²) in [5.41, 5.74) is -0.333. The molecule has 0 radical (unpaired) electrons. The van der Waals surface area contributed by atoms with Crippen molar-refractivity contribution in [1.29, 1.82) is 0 Å². The van der Waals surface area contributed by atoms with E-state index in [9.17, 15) is 9.59 Å². The molecule has 2 amide bonds. The topological polar surface area (TPSA) is 58.6 Å². The van der Waals surface area contributed by atoms with Crippen LogP contribution < -0.4 is 5.32 Å². The molecule has 5 heteroatoms. The Balaban J connectivity index is 1.89. The van der Waals surface area contributed by atoms with Crippen molar-refractivity contribution in [2.75, 3.05) is 13.1 Å². The minimum atomic E-state index is -0.462. The van der Waals surface area contributed by atoms with Gasteiger partial charge in [-0.25, -0.2) is 0 Å². The molecule has 0 bridgehead atoms. The molecule has 1 saturated carbocycles. The summed E-state index contributed by atoms with van der Waals surface area (Å²) in [4.78, 5) is 26.7. The van der Waals surface area contributed by atoms with E-state index >= 15 is 0 Å². The summed E-state index contributed by atoms with van der Waals surface area (Å²) >= 11 is 0. The van der Waals surface area contributed by atoms with Crippen LogP contribution in [0.3, 0.4) is 0 Å². The molecule has 0 spiro atoms. The Morgan fingerprint density at radius 2 is 1.86 bits per heavy atom. The number of hydrogen-bond donors (Lipinski definition) is 1. The molecular weight excluding hydrogens is 280 g/mol. The zero-order chi connectivity index (χ0) is 16.3. The summed E-state index contributed by atoms with van der Waals surface area (Å²) in [6.07, 6.45) is 5.39. The van der Waals surface area contributed by atoms with Gasteiger partial charge in [-0.15, -0.1) is 0 Å². The second-order valence-electron chi connectivity index (χ2n) is 7.47. The van der Waals surface area contributed by atoms with E-state index in [0.29, 0.717) is 13.1 Å². The molecule has 1 aliphatic heterocycles. The first-order chi connectivity index (χ1) is 10.3. The highest BCUT2D eigenvalue weighted by atomic mass is 16.5. The Bertz CT molecular complexity index is 416. The van der Waals surface area contributed by atoms with Gasteiger partial charge in [0.1, 0.15) is 6.04 Å². The minimum absolute atomic E-state index is 0.00705. The van der Waals surface area contributed by atoms with Crippen LogP contribution in [-0.4, -0.2) is 47.6 Å². The van der Waals surface area contributed by atoms with Gasteiger partial charge >= 0.3 is 0 Å². The molecule has 2 unspecified atom stereocenters. The van der Waals surface area contributed by atoms with Crippen LogP contribution >= 0.6 is 0 Å². The maximum Gasteiger partial charge on any atom is 0.245 e. The second kappa shape index (κ2) is 6.99. The fraction of sp³-hybridized carbons (Fsp3) is 0.882. The Kier molecular flexibility index (Phi) is 5.48. The predicted octanol–water partition coefficient (Wildman–Crippen LogP) is 2.10. The Hall–Kier alpha value is -1.10. The van der Waals surface area contributed by atoms with Gasteiger partial charge in [0.25, 0.3) is 0 Å². The predicted molar refractivity (Wildman–Crippen MR) is 85.4 cm³/mol. The Labute approximate surface area is 133 Å². The van der Waals surface area contributed by atoms with Gasteiger partial charge in [0.05, 0.1) is 11.7 Å². The monoisotopic (exact) mass is 310 g/mol. The quantitative estimate of drug-likeness (QED) is 0.868. The fourth-order valence-corrected chi connectivity index (χ4v) is 3.65. The molecule has 22 heavy (non-hydrogen) atoms. The third kappa shape index (κ3) is 4.45. The Morgan fingerprint density at radius 3 is 2.45 bits per heavy atom. The molecule has 0 aromatic heterocycles. The van der Waals surface area contributed by atoms with Crippen molar-refractivity contribution in [3.05, 3.63) is 0 Å². The smallest absolute Gasteiger partial charge is 0.245 e.